The number of hydrogen-bond acceptors (Lipinski definition) is 3. The number of carbonyl (C=O) groups is 2. The van der Waals surface area contributed by atoms with Gasteiger partial charge in [-0.25, -0.2) is 4.39 Å². The molecule has 0 bridgehead atoms. The Labute approximate surface area is 123 Å². The highest BCUT2D eigenvalue weighted by atomic mass is 19.1. The third-order valence-corrected chi connectivity index (χ3v) is 3.72. The van der Waals surface area contributed by atoms with Gasteiger partial charge in [-0.05, 0) is 49.9 Å². The van der Waals surface area contributed by atoms with Gasteiger partial charge in [-0.1, -0.05) is 12.8 Å². The zero-order valence-corrected chi connectivity index (χ0v) is 12.1. The van der Waals surface area contributed by atoms with Gasteiger partial charge in [0.1, 0.15) is 5.82 Å². The van der Waals surface area contributed by atoms with Gasteiger partial charge in [0.15, 0.2) is 6.10 Å². The highest BCUT2D eigenvalue weighted by Crippen LogP contribution is 2.27. The summed E-state index contributed by atoms with van der Waals surface area (Å²) < 4.78 is 17.9. The fourth-order valence-electron chi connectivity index (χ4n) is 2.53. The lowest BCUT2D eigenvalue weighted by Crippen LogP contribution is -2.30. The molecular weight excluding hydrogens is 273 g/mol. The molecule has 0 aliphatic heterocycles. The van der Waals surface area contributed by atoms with Crippen molar-refractivity contribution in [3.05, 3.63) is 30.1 Å². The molecule has 1 N–H and O–H groups in total. The Hall–Kier alpha value is -1.91. The van der Waals surface area contributed by atoms with Crippen LogP contribution in [0.3, 0.4) is 0 Å². The number of anilines is 1. The lowest BCUT2D eigenvalue weighted by atomic mass is 10.0. The lowest BCUT2D eigenvalue weighted by molar-refractivity contribution is -0.154. The molecule has 1 amide bonds. The van der Waals surface area contributed by atoms with Crippen molar-refractivity contribution in [2.75, 3.05) is 5.32 Å². The molecule has 0 saturated heterocycles. The molecule has 21 heavy (non-hydrogen) atoms. The predicted octanol–water partition coefficient (Wildman–Crippen LogP) is 3.28. The molecule has 4 nitrogen and oxygen atoms in total. The van der Waals surface area contributed by atoms with Crippen molar-refractivity contribution in [2.24, 2.45) is 5.92 Å². The molecule has 0 aromatic heterocycles. The van der Waals surface area contributed by atoms with E-state index in [0.717, 1.165) is 12.8 Å². The van der Waals surface area contributed by atoms with Crippen molar-refractivity contribution >= 4 is 17.6 Å². The summed E-state index contributed by atoms with van der Waals surface area (Å²) in [5.74, 6) is -0.723. The van der Waals surface area contributed by atoms with E-state index in [1.807, 2.05) is 0 Å². The Morgan fingerprint density at radius 3 is 2.52 bits per heavy atom. The Kier molecular flexibility index (Phi) is 5.31. The van der Waals surface area contributed by atoms with Gasteiger partial charge in [-0.3, -0.25) is 9.59 Å². The van der Waals surface area contributed by atoms with E-state index in [1.54, 1.807) is 0 Å². The molecule has 1 aromatic carbocycles. The molecule has 1 aromatic rings. The molecule has 1 atom stereocenters. The third-order valence-electron chi connectivity index (χ3n) is 3.72. The summed E-state index contributed by atoms with van der Waals surface area (Å²) in [6, 6.07) is 5.43. The number of rotatable bonds is 5. The maximum absolute atomic E-state index is 12.8. The summed E-state index contributed by atoms with van der Waals surface area (Å²) in [6.07, 6.45) is 3.98. The van der Waals surface area contributed by atoms with Crippen LogP contribution in [0.15, 0.2) is 24.3 Å². The van der Waals surface area contributed by atoms with Crippen LogP contribution in [-0.4, -0.2) is 18.0 Å². The first-order valence-electron chi connectivity index (χ1n) is 7.30. The fourth-order valence-corrected chi connectivity index (χ4v) is 2.53. The Bertz CT molecular complexity index is 495. The third kappa shape index (κ3) is 4.85. The van der Waals surface area contributed by atoms with Crippen LogP contribution >= 0.6 is 0 Å². The standard InChI is InChI=1S/C16H20FNO3/c1-11(21-15(19)10-12-4-2-3-5-12)16(20)18-14-8-6-13(17)7-9-14/h6-9,11-12H,2-5,10H2,1H3,(H,18,20). The molecule has 2 rings (SSSR count). The number of halogens is 1. The van der Waals surface area contributed by atoms with Gasteiger partial charge in [0.05, 0.1) is 0 Å². The monoisotopic (exact) mass is 293 g/mol. The van der Waals surface area contributed by atoms with Crippen molar-refractivity contribution < 1.29 is 18.7 Å². The van der Waals surface area contributed by atoms with Gasteiger partial charge in [-0.2, -0.15) is 0 Å². The van der Waals surface area contributed by atoms with Gasteiger partial charge < -0.3 is 10.1 Å². The number of amides is 1. The summed E-state index contributed by atoms with van der Waals surface area (Å²) in [5.41, 5.74) is 0.472. The van der Waals surface area contributed by atoms with Gasteiger partial charge in [-0.15, -0.1) is 0 Å². The maximum Gasteiger partial charge on any atom is 0.306 e. The molecule has 1 fully saturated rings. The second-order valence-electron chi connectivity index (χ2n) is 5.48. The minimum absolute atomic E-state index is 0.330. The summed E-state index contributed by atoms with van der Waals surface area (Å²) >= 11 is 0. The number of esters is 1. The van der Waals surface area contributed by atoms with Crippen LogP contribution < -0.4 is 5.32 Å². The van der Waals surface area contributed by atoms with Crippen LogP contribution in [0.1, 0.15) is 39.0 Å². The number of ether oxygens (including phenoxy) is 1. The molecular formula is C16H20FNO3. The smallest absolute Gasteiger partial charge is 0.306 e. The average Bonchev–Trinajstić information content (AvgIpc) is 2.94. The minimum atomic E-state index is -0.857. The van der Waals surface area contributed by atoms with E-state index in [9.17, 15) is 14.0 Å². The Morgan fingerprint density at radius 1 is 1.29 bits per heavy atom. The van der Waals surface area contributed by atoms with Gasteiger partial charge in [0, 0.05) is 12.1 Å². The number of carbonyl (C=O) groups excluding carboxylic acids is 2. The highest BCUT2D eigenvalue weighted by Gasteiger charge is 2.23. The first-order valence-corrected chi connectivity index (χ1v) is 7.30. The Morgan fingerprint density at radius 2 is 1.90 bits per heavy atom. The molecule has 0 heterocycles. The fraction of sp³-hybridized carbons (Fsp3) is 0.500. The molecule has 5 heteroatoms. The molecule has 1 aliphatic rings. The van der Waals surface area contributed by atoms with Crippen molar-refractivity contribution in [2.45, 2.75) is 45.1 Å². The summed E-state index contributed by atoms with van der Waals surface area (Å²) in [7, 11) is 0. The van der Waals surface area contributed by atoms with Gasteiger partial charge >= 0.3 is 5.97 Å². The second kappa shape index (κ2) is 7.20. The molecule has 0 radical (unpaired) electrons. The van der Waals surface area contributed by atoms with Crippen molar-refractivity contribution in [1.29, 1.82) is 0 Å². The zero-order chi connectivity index (χ0) is 15.2. The summed E-state index contributed by atoms with van der Waals surface area (Å²) in [6.45, 7) is 1.53. The van der Waals surface area contributed by atoms with Gasteiger partial charge in [0.25, 0.3) is 5.91 Å². The van der Waals surface area contributed by atoms with E-state index < -0.39 is 12.0 Å². The van der Waals surface area contributed by atoms with E-state index in [4.69, 9.17) is 4.74 Å². The van der Waals surface area contributed by atoms with Crippen LogP contribution in [-0.2, 0) is 14.3 Å². The van der Waals surface area contributed by atoms with Crippen LogP contribution in [0.25, 0.3) is 0 Å². The lowest BCUT2D eigenvalue weighted by Gasteiger charge is -2.15. The molecule has 1 unspecified atom stereocenters. The van der Waals surface area contributed by atoms with E-state index in [2.05, 4.69) is 5.32 Å². The van der Waals surface area contributed by atoms with Crippen molar-refractivity contribution in [3.8, 4) is 0 Å². The predicted molar refractivity (Wildman–Crippen MR) is 77.2 cm³/mol. The van der Waals surface area contributed by atoms with Crippen molar-refractivity contribution in [3.63, 3.8) is 0 Å². The Balaban J connectivity index is 1.78. The zero-order valence-electron chi connectivity index (χ0n) is 12.1. The van der Waals surface area contributed by atoms with Crippen LogP contribution in [0.5, 0.6) is 0 Å². The van der Waals surface area contributed by atoms with Crippen LogP contribution in [0.2, 0.25) is 0 Å². The molecule has 1 saturated carbocycles. The van der Waals surface area contributed by atoms with E-state index in [1.165, 1.54) is 44.0 Å². The second-order valence-corrected chi connectivity index (χ2v) is 5.48. The van der Waals surface area contributed by atoms with E-state index in [0.29, 0.717) is 18.0 Å². The van der Waals surface area contributed by atoms with E-state index in [-0.39, 0.29) is 11.8 Å². The normalized spacial score (nSPS) is 16.5. The molecule has 1 aliphatic carbocycles. The highest BCUT2D eigenvalue weighted by molar-refractivity contribution is 5.95. The van der Waals surface area contributed by atoms with Crippen molar-refractivity contribution in [1.82, 2.24) is 0 Å². The minimum Gasteiger partial charge on any atom is -0.453 e. The number of hydrogen-bond donors (Lipinski definition) is 1. The molecule has 114 valence electrons. The first-order chi connectivity index (χ1) is 10.0. The quantitative estimate of drug-likeness (QED) is 0.848. The molecule has 0 spiro atoms. The largest absolute Gasteiger partial charge is 0.453 e. The first kappa shape index (κ1) is 15.5. The summed E-state index contributed by atoms with van der Waals surface area (Å²) in [4.78, 5) is 23.6. The van der Waals surface area contributed by atoms with E-state index >= 15 is 0 Å². The summed E-state index contributed by atoms with van der Waals surface area (Å²) in [5, 5.41) is 2.59. The van der Waals surface area contributed by atoms with Crippen LogP contribution in [0, 0.1) is 11.7 Å². The van der Waals surface area contributed by atoms with Gasteiger partial charge in [0.2, 0.25) is 0 Å². The number of nitrogens with one attached hydrogen (secondary N) is 1. The number of benzene rings is 1. The topological polar surface area (TPSA) is 55.4 Å². The SMILES string of the molecule is CC(OC(=O)CC1CCCC1)C(=O)Nc1ccc(F)cc1. The van der Waals surface area contributed by atoms with Crippen LogP contribution in [0.4, 0.5) is 10.1 Å². The maximum atomic E-state index is 12.8. The average molecular weight is 293 g/mol.